The molecule has 0 fully saturated rings. The van der Waals surface area contributed by atoms with E-state index in [4.69, 9.17) is 14.2 Å². The first kappa shape index (κ1) is 18.6. The van der Waals surface area contributed by atoms with Crippen LogP contribution < -0.4 is 4.74 Å². The Morgan fingerprint density at radius 2 is 1.60 bits per heavy atom. The van der Waals surface area contributed by atoms with Crippen LogP contribution in [0.1, 0.15) is 25.3 Å². The molecule has 0 atom stereocenters. The second kappa shape index (κ2) is 8.37. The van der Waals surface area contributed by atoms with Gasteiger partial charge in [-0.25, -0.2) is 9.59 Å². The zero-order chi connectivity index (χ0) is 18.4. The number of carbonyl (C=O) groups is 2. The van der Waals surface area contributed by atoms with Crippen molar-refractivity contribution in [3.05, 3.63) is 53.4 Å². The van der Waals surface area contributed by atoms with Crippen LogP contribution >= 0.6 is 0 Å². The van der Waals surface area contributed by atoms with E-state index in [9.17, 15) is 9.59 Å². The topological polar surface area (TPSA) is 65.1 Å². The van der Waals surface area contributed by atoms with Crippen molar-refractivity contribution >= 4 is 11.9 Å². The summed E-state index contributed by atoms with van der Waals surface area (Å²) in [6, 6.07) is 7.27. The van der Waals surface area contributed by atoms with Gasteiger partial charge >= 0.3 is 11.9 Å². The highest BCUT2D eigenvalue weighted by molar-refractivity contribution is 5.98. The van der Waals surface area contributed by atoms with Crippen molar-refractivity contribution in [1.82, 2.24) is 4.90 Å². The van der Waals surface area contributed by atoms with Crippen molar-refractivity contribution in [2.75, 3.05) is 27.4 Å². The van der Waals surface area contributed by atoms with E-state index in [1.807, 2.05) is 12.1 Å². The van der Waals surface area contributed by atoms with E-state index in [-0.39, 0.29) is 13.2 Å². The second-order valence-electron chi connectivity index (χ2n) is 5.48. The van der Waals surface area contributed by atoms with E-state index >= 15 is 0 Å². The molecular weight excluding hydrogens is 322 g/mol. The lowest BCUT2D eigenvalue weighted by molar-refractivity contribution is -0.139. The molecule has 0 bridgehead atoms. The molecule has 0 radical (unpaired) electrons. The Morgan fingerprint density at radius 1 is 1.04 bits per heavy atom. The van der Waals surface area contributed by atoms with Crippen LogP contribution in [0, 0.1) is 0 Å². The largest absolute Gasteiger partial charge is 0.497 e. The SMILES string of the molecule is CCOC(=O)C1=CN(C)C=C(C(=O)OCC)C1c1cccc(OC)c1. The zero-order valence-electron chi connectivity index (χ0n) is 14.9. The van der Waals surface area contributed by atoms with Crippen molar-refractivity contribution < 1.29 is 23.8 Å². The highest BCUT2D eigenvalue weighted by Gasteiger charge is 2.35. The molecule has 0 amide bonds. The number of nitrogens with zero attached hydrogens (tertiary/aromatic N) is 1. The van der Waals surface area contributed by atoms with E-state index in [1.54, 1.807) is 57.4 Å². The molecule has 6 heteroatoms. The standard InChI is InChI=1S/C19H23NO5/c1-5-24-18(21)15-11-20(3)12-16(19(22)25-6-2)17(15)13-8-7-9-14(10-13)23-4/h7-12,17H,5-6H2,1-4H3. The molecule has 6 nitrogen and oxygen atoms in total. The number of rotatable bonds is 6. The average molecular weight is 345 g/mol. The van der Waals surface area contributed by atoms with E-state index in [0.717, 1.165) is 5.56 Å². The van der Waals surface area contributed by atoms with Gasteiger partial charge in [0.2, 0.25) is 0 Å². The number of hydrogen-bond acceptors (Lipinski definition) is 6. The van der Waals surface area contributed by atoms with Gasteiger partial charge in [-0.05, 0) is 31.5 Å². The lowest BCUT2D eigenvalue weighted by Crippen LogP contribution is -2.28. The van der Waals surface area contributed by atoms with Gasteiger partial charge in [-0.15, -0.1) is 0 Å². The molecule has 1 aliphatic rings. The summed E-state index contributed by atoms with van der Waals surface area (Å²) in [5.41, 5.74) is 1.51. The fourth-order valence-electron chi connectivity index (χ4n) is 2.74. The van der Waals surface area contributed by atoms with Crippen molar-refractivity contribution in [2.24, 2.45) is 0 Å². The number of carbonyl (C=O) groups excluding carboxylic acids is 2. The van der Waals surface area contributed by atoms with Gasteiger partial charge in [-0.2, -0.15) is 0 Å². The summed E-state index contributed by atoms with van der Waals surface area (Å²) in [5, 5.41) is 0. The molecular formula is C19H23NO5. The minimum atomic E-state index is -0.579. The Bertz CT molecular complexity index is 672. The predicted octanol–water partition coefficient (Wildman–Crippen LogP) is 2.62. The summed E-state index contributed by atoms with van der Waals surface area (Å²) in [7, 11) is 3.32. The Hall–Kier alpha value is -2.76. The number of methoxy groups -OCH3 is 1. The van der Waals surface area contributed by atoms with Crippen LogP contribution in [0.15, 0.2) is 47.8 Å². The van der Waals surface area contributed by atoms with Crippen LogP contribution in [-0.2, 0) is 19.1 Å². The maximum absolute atomic E-state index is 12.5. The Balaban J connectivity index is 2.54. The summed E-state index contributed by atoms with van der Waals surface area (Å²) >= 11 is 0. The van der Waals surface area contributed by atoms with Gasteiger partial charge in [0.05, 0.1) is 37.4 Å². The molecule has 0 aromatic heterocycles. The van der Waals surface area contributed by atoms with Gasteiger partial charge in [-0.1, -0.05) is 12.1 Å². The second-order valence-corrected chi connectivity index (χ2v) is 5.48. The van der Waals surface area contributed by atoms with Gasteiger partial charge in [0.25, 0.3) is 0 Å². The van der Waals surface area contributed by atoms with Crippen LogP contribution in [-0.4, -0.2) is 44.2 Å². The Morgan fingerprint density at radius 3 is 2.08 bits per heavy atom. The summed E-state index contributed by atoms with van der Waals surface area (Å²) in [6.45, 7) is 3.99. The maximum Gasteiger partial charge on any atom is 0.336 e. The van der Waals surface area contributed by atoms with Crippen LogP contribution in [0.2, 0.25) is 0 Å². The molecule has 0 spiro atoms. The zero-order valence-corrected chi connectivity index (χ0v) is 14.9. The molecule has 0 aliphatic carbocycles. The third-order valence-electron chi connectivity index (χ3n) is 3.76. The molecule has 0 N–H and O–H groups in total. The smallest absolute Gasteiger partial charge is 0.336 e. The van der Waals surface area contributed by atoms with E-state index < -0.39 is 17.9 Å². The summed E-state index contributed by atoms with van der Waals surface area (Å²) in [6.07, 6.45) is 3.34. The average Bonchev–Trinajstić information content (AvgIpc) is 2.61. The lowest BCUT2D eigenvalue weighted by atomic mass is 9.83. The van der Waals surface area contributed by atoms with Crippen molar-refractivity contribution in [1.29, 1.82) is 0 Å². The van der Waals surface area contributed by atoms with Gasteiger partial charge in [0.15, 0.2) is 0 Å². The lowest BCUT2D eigenvalue weighted by Gasteiger charge is -2.28. The number of esters is 2. The molecule has 1 aliphatic heterocycles. The van der Waals surface area contributed by atoms with E-state index in [2.05, 4.69) is 0 Å². The minimum Gasteiger partial charge on any atom is -0.497 e. The monoisotopic (exact) mass is 345 g/mol. The maximum atomic E-state index is 12.5. The fourth-order valence-corrected chi connectivity index (χ4v) is 2.74. The van der Waals surface area contributed by atoms with Gasteiger partial charge in [-0.3, -0.25) is 0 Å². The van der Waals surface area contributed by atoms with Gasteiger partial charge < -0.3 is 19.1 Å². The highest BCUT2D eigenvalue weighted by atomic mass is 16.5. The summed E-state index contributed by atoms with van der Waals surface area (Å²) < 4.78 is 15.6. The summed E-state index contributed by atoms with van der Waals surface area (Å²) in [5.74, 6) is -0.860. The molecule has 0 saturated carbocycles. The van der Waals surface area contributed by atoms with Crippen LogP contribution in [0.3, 0.4) is 0 Å². The molecule has 0 unspecified atom stereocenters. The molecule has 1 aromatic rings. The molecule has 0 saturated heterocycles. The molecule has 2 rings (SSSR count). The Labute approximate surface area is 147 Å². The van der Waals surface area contributed by atoms with Crippen LogP contribution in [0.4, 0.5) is 0 Å². The molecule has 1 aromatic carbocycles. The van der Waals surface area contributed by atoms with Crippen molar-refractivity contribution in [3.63, 3.8) is 0 Å². The minimum absolute atomic E-state index is 0.253. The van der Waals surface area contributed by atoms with E-state index in [1.165, 1.54) is 0 Å². The number of ether oxygens (including phenoxy) is 3. The van der Waals surface area contributed by atoms with Crippen molar-refractivity contribution in [2.45, 2.75) is 19.8 Å². The van der Waals surface area contributed by atoms with Crippen molar-refractivity contribution in [3.8, 4) is 5.75 Å². The normalized spacial score (nSPS) is 14.5. The third-order valence-corrected chi connectivity index (χ3v) is 3.76. The van der Waals surface area contributed by atoms with Crippen LogP contribution in [0.5, 0.6) is 5.75 Å². The van der Waals surface area contributed by atoms with Gasteiger partial charge in [0, 0.05) is 19.4 Å². The number of benzene rings is 1. The first-order valence-electron chi connectivity index (χ1n) is 8.15. The predicted molar refractivity (Wildman–Crippen MR) is 92.9 cm³/mol. The molecule has 25 heavy (non-hydrogen) atoms. The first-order valence-corrected chi connectivity index (χ1v) is 8.15. The fraction of sp³-hybridized carbons (Fsp3) is 0.368. The van der Waals surface area contributed by atoms with E-state index in [0.29, 0.717) is 16.9 Å². The first-order chi connectivity index (χ1) is 12.0. The Kier molecular flexibility index (Phi) is 6.22. The quantitative estimate of drug-likeness (QED) is 0.739. The number of hydrogen-bond donors (Lipinski definition) is 0. The third kappa shape index (κ3) is 4.21. The summed E-state index contributed by atoms with van der Waals surface area (Å²) in [4.78, 5) is 26.6. The molecule has 134 valence electrons. The van der Waals surface area contributed by atoms with Crippen LogP contribution in [0.25, 0.3) is 0 Å². The van der Waals surface area contributed by atoms with Gasteiger partial charge in [0.1, 0.15) is 5.75 Å². The molecule has 1 heterocycles. The highest BCUT2D eigenvalue weighted by Crippen LogP contribution is 2.37.